The van der Waals surface area contributed by atoms with Gasteiger partial charge in [0, 0.05) is 25.4 Å². The maximum absolute atomic E-state index is 12.4. The average molecular weight is 350 g/mol. The fourth-order valence-electron chi connectivity index (χ4n) is 2.59. The molecule has 2 N–H and O–H groups in total. The molecular weight excluding hydrogens is 328 g/mol. The first kappa shape index (κ1) is 18.3. The van der Waals surface area contributed by atoms with E-state index in [-0.39, 0.29) is 11.9 Å². The van der Waals surface area contributed by atoms with E-state index in [2.05, 4.69) is 20.3 Å². The number of aromatic nitrogens is 3. The fraction of sp³-hybridized carbons (Fsp3) is 0.500. The maximum Gasteiger partial charge on any atom is 0.270 e. The number of thiazole rings is 1. The van der Waals surface area contributed by atoms with Crippen LogP contribution in [-0.2, 0) is 0 Å². The second kappa shape index (κ2) is 9.29. The van der Waals surface area contributed by atoms with E-state index in [1.165, 1.54) is 37.7 Å². The summed E-state index contributed by atoms with van der Waals surface area (Å²) in [7, 11) is 2.53. The highest BCUT2D eigenvalue weighted by Gasteiger charge is 2.19. The van der Waals surface area contributed by atoms with Gasteiger partial charge in [-0.3, -0.25) is 9.78 Å². The number of aliphatic hydroxyl groups excluding tert-OH is 1. The van der Waals surface area contributed by atoms with Crippen LogP contribution in [0.1, 0.15) is 42.6 Å². The van der Waals surface area contributed by atoms with Gasteiger partial charge in [0.25, 0.3) is 5.91 Å². The number of methoxy groups -OCH3 is 1. The Bertz CT molecular complexity index is 643. The lowest BCUT2D eigenvalue weighted by molar-refractivity contribution is 0.0922. The topological polar surface area (TPSA) is 97.2 Å². The van der Waals surface area contributed by atoms with Crippen LogP contribution in [0.2, 0.25) is 0 Å². The summed E-state index contributed by atoms with van der Waals surface area (Å²) in [6, 6.07) is 1.82. The molecule has 1 saturated carbocycles. The van der Waals surface area contributed by atoms with E-state index in [1.54, 1.807) is 17.8 Å². The predicted octanol–water partition coefficient (Wildman–Crippen LogP) is 2.28. The fourth-order valence-corrected chi connectivity index (χ4v) is 3.14. The third kappa shape index (κ3) is 4.72. The molecule has 0 aliphatic heterocycles. The van der Waals surface area contributed by atoms with E-state index in [4.69, 9.17) is 9.84 Å². The van der Waals surface area contributed by atoms with Gasteiger partial charge in [0.2, 0.25) is 5.88 Å². The first-order valence-electron chi connectivity index (χ1n) is 7.84. The van der Waals surface area contributed by atoms with Gasteiger partial charge in [0.1, 0.15) is 5.69 Å². The van der Waals surface area contributed by atoms with E-state index in [0.29, 0.717) is 17.4 Å². The molecule has 2 heterocycles. The van der Waals surface area contributed by atoms with Crippen molar-refractivity contribution in [2.45, 2.75) is 38.1 Å². The van der Waals surface area contributed by atoms with Crippen molar-refractivity contribution < 1.29 is 14.6 Å². The van der Waals surface area contributed by atoms with Gasteiger partial charge in [0.05, 0.1) is 17.5 Å². The summed E-state index contributed by atoms with van der Waals surface area (Å²) in [6.07, 6.45) is 7.35. The second-order valence-corrected chi connectivity index (χ2v) is 6.18. The van der Waals surface area contributed by atoms with Gasteiger partial charge < -0.3 is 15.2 Å². The monoisotopic (exact) mass is 350 g/mol. The molecule has 1 aliphatic carbocycles. The molecule has 24 heavy (non-hydrogen) atoms. The Kier molecular flexibility index (Phi) is 7.07. The van der Waals surface area contributed by atoms with Crippen molar-refractivity contribution in [1.29, 1.82) is 0 Å². The van der Waals surface area contributed by atoms with Gasteiger partial charge in [-0.15, -0.1) is 11.3 Å². The number of carbonyl (C=O) groups excluding carboxylic acids is 1. The number of nitrogens with one attached hydrogen (secondary N) is 1. The molecule has 2 aromatic heterocycles. The molecule has 7 nitrogen and oxygen atoms in total. The Balaban J connectivity index is 0.00000100. The van der Waals surface area contributed by atoms with E-state index in [9.17, 15) is 4.79 Å². The van der Waals surface area contributed by atoms with E-state index in [0.717, 1.165) is 24.8 Å². The smallest absolute Gasteiger partial charge is 0.270 e. The van der Waals surface area contributed by atoms with Crippen LogP contribution in [0.3, 0.4) is 0 Å². The summed E-state index contributed by atoms with van der Waals surface area (Å²) in [5.74, 6) is 0.682. The molecular formula is C16H22N4O3S. The highest BCUT2D eigenvalue weighted by Crippen LogP contribution is 2.23. The first-order chi connectivity index (χ1) is 11.8. The Hall–Kier alpha value is -2.06. The van der Waals surface area contributed by atoms with Crippen LogP contribution < -0.4 is 10.1 Å². The summed E-state index contributed by atoms with van der Waals surface area (Å²) >= 11 is 1.43. The number of nitrogens with zero attached hydrogens (tertiary/aromatic N) is 3. The summed E-state index contributed by atoms with van der Waals surface area (Å²) in [6.45, 7) is 0. The number of hydrogen-bond donors (Lipinski definition) is 2. The van der Waals surface area contributed by atoms with Gasteiger partial charge >= 0.3 is 0 Å². The van der Waals surface area contributed by atoms with Crippen molar-refractivity contribution in [3.05, 3.63) is 23.5 Å². The molecule has 0 aromatic carbocycles. The zero-order valence-electron chi connectivity index (χ0n) is 13.9. The molecule has 0 saturated heterocycles. The number of carbonyl (C=O) groups is 1. The molecule has 0 unspecified atom stereocenters. The lowest BCUT2D eigenvalue weighted by Gasteiger charge is -2.22. The van der Waals surface area contributed by atoms with Gasteiger partial charge in [-0.25, -0.2) is 4.98 Å². The maximum atomic E-state index is 12.4. The minimum Gasteiger partial charge on any atom is -0.481 e. The van der Waals surface area contributed by atoms with E-state index in [1.807, 2.05) is 0 Å². The van der Waals surface area contributed by atoms with Crippen molar-refractivity contribution in [1.82, 2.24) is 20.3 Å². The van der Waals surface area contributed by atoms with Crippen LogP contribution in [0, 0.1) is 0 Å². The van der Waals surface area contributed by atoms with Gasteiger partial charge in [-0.1, -0.05) is 19.3 Å². The number of aliphatic hydroxyl groups is 1. The molecule has 1 amide bonds. The highest BCUT2D eigenvalue weighted by atomic mass is 32.1. The summed E-state index contributed by atoms with van der Waals surface area (Å²) in [5, 5.41) is 10.1. The molecule has 1 fully saturated rings. The average Bonchev–Trinajstić information content (AvgIpc) is 3.18. The second-order valence-electron chi connectivity index (χ2n) is 5.29. The molecule has 1 aliphatic rings. The van der Waals surface area contributed by atoms with Gasteiger partial charge in [-0.2, -0.15) is 4.98 Å². The SMILES string of the molecule is CO.COc1cc(C(=O)NC2CCCCC2)nc(-c2cncs2)n1. The molecule has 2 aromatic rings. The lowest BCUT2D eigenvalue weighted by atomic mass is 9.95. The number of hydrogen-bond acceptors (Lipinski definition) is 7. The molecule has 0 bridgehead atoms. The van der Waals surface area contributed by atoms with E-state index >= 15 is 0 Å². The minimum atomic E-state index is -0.168. The standard InChI is InChI=1S/C15H18N4O2S.CH4O/c1-21-13-7-11(15(20)17-10-5-3-2-4-6-10)18-14(19-13)12-8-16-9-22-12;1-2/h7-10H,2-6H2,1H3,(H,17,20);2H,1H3. The summed E-state index contributed by atoms with van der Waals surface area (Å²) < 4.78 is 5.19. The van der Waals surface area contributed by atoms with Crippen LogP contribution in [0.5, 0.6) is 5.88 Å². The first-order valence-corrected chi connectivity index (χ1v) is 8.72. The van der Waals surface area contributed by atoms with Crippen LogP contribution >= 0.6 is 11.3 Å². The Labute approximate surface area is 145 Å². The van der Waals surface area contributed by atoms with Crippen molar-refractivity contribution in [3.8, 4) is 16.6 Å². The zero-order chi connectivity index (χ0) is 17.4. The number of amides is 1. The molecule has 0 spiro atoms. The highest BCUT2D eigenvalue weighted by molar-refractivity contribution is 7.13. The number of ether oxygens (including phenoxy) is 1. The zero-order valence-corrected chi connectivity index (χ0v) is 14.7. The molecule has 8 heteroatoms. The van der Waals surface area contributed by atoms with Crippen molar-refractivity contribution in [2.24, 2.45) is 0 Å². The Morgan fingerprint density at radius 1 is 1.29 bits per heavy atom. The molecule has 3 rings (SSSR count). The van der Waals surface area contributed by atoms with Crippen LogP contribution in [0.25, 0.3) is 10.7 Å². The van der Waals surface area contributed by atoms with Crippen molar-refractivity contribution in [2.75, 3.05) is 14.2 Å². The largest absolute Gasteiger partial charge is 0.481 e. The summed E-state index contributed by atoms with van der Waals surface area (Å²) in [4.78, 5) is 25.9. The third-order valence-corrected chi connectivity index (χ3v) is 4.51. The minimum absolute atomic E-state index is 0.168. The number of rotatable bonds is 4. The summed E-state index contributed by atoms with van der Waals surface area (Å²) in [5.41, 5.74) is 2.04. The van der Waals surface area contributed by atoms with Gasteiger partial charge in [0.15, 0.2) is 5.82 Å². The third-order valence-electron chi connectivity index (χ3n) is 3.74. The van der Waals surface area contributed by atoms with Crippen molar-refractivity contribution >= 4 is 17.2 Å². The normalized spacial score (nSPS) is 14.5. The van der Waals surface area contributed by atoms with E-state index < -0.39 is 0 Å². The van der Waals surface area contributed by atoms with Gasteiger partial charge in [-0.05, 0) is 12.8 Å². The molecule has 0 radical (unpaired) electrons. The molecule has 0 atom stereocenters. The lowest BCUT2D eigenvalue weighted by Crippen LogP contribution is -2.36. The quantitative estimate of drug-likeness (QED) is 0.878. The van der Waals surface area contributed by atoms with Crippen LogP contribution in [0.4, 0.5) is 0 Å². The van der Waals surface area contributed by atoms with Crippen LogP contribution in [-0.4, -0.2) is 46.2 Å². The van der Waals surface area contributed by atoms with Crippen molar-refractivity contribution in [3.63, 3.8) is 0 Å². The predicted molar refractivity (Wildman–Crippen MR) is 92.2 cm³/mol. The Morgan fingerprint density at radius 2 is 2.04 bits per heavy atom. The molecule has 130 valence electrons. The Morgan fingerprint density at radius 3 is 2.67 bits per heavy atom. The van der Waals surface area contributed by atoms with Crippen LogP contribution in [0.15, 0.2) is 17.8 Å².